The van der Waals surface area contributed by atoms with Crippen LogP contribution in [0.15, 0.2) is 0 Å². The molecule has 0 aromatic heterocycles. The summed E-state index contributed by atoms with van der Waals surface area (Å²) in [7, 11) is 0. The molecule has 0 fully saturated rings. The predicted octanol–water partition coefficient (Wildman–Crippen LogP) is 3.68. The number of hydrogen-bond acceptors (Lipinski definition) is 1. The van der Waals surface area contributed by atoms with E-state index in [4.69, 9.17) is 5.11 Å². The van der Waals surface area contributed by atoms with Crippen LogP contribution in [0.2, 0.25) is 0 Å². The highest BCUT2D eigenvalue weighted by Crippen LogP contribution is 2.12. The molecule has 0 spiro atoms. The Morgan fingerprint density at radius 1 is 0.722 bits per heavy atom. The molecule has 1 unspecified atom stereocenters. The van der Waals surface area contributed by atoms with Gasteiger partial charge in [-0.2, -0.15) is 0 Å². The number of aliphatic hydroxyl groups excluding tert-OH is 1. The van der Waals surface area contributed by atoms with Crippen molar-refractivity contribution < 1.29 is 10.8 Å². The number of hydrogen-bond donors (Lipinski definition) is 2. The summed E-state index contributed by atoms with van der Waals surface area (Å²) >= 11 is 0. The lowest BCUT2D eigenvalue weighted by atomic mass is 10.0. The molecule has 0 aliphatic carbocycles. The molecule has 0 saturated carbocycles. The van der Waals surface area contributed by atoms with Crippen molar-refractivity contribution in [2.45, 2.75) is 96.4 Å². The maximum absolute atomic E-state index is 8.85. The normalized spacial score (nSPS) is 12.8. The van der Waals surface area contributed by atoms with Gasteiger partial charge >= 0.3 is 0 Å². The quantitative estimate of drug-likeness (QED) is 0.459. The lowest BCUT2D eigenvalue weighted by molar-refractivity contribution is -0.426. The summed E-state index contributed by atoms with van der Waals surface area (Å²) in [6.07, 6.45) is 17.8. The highest BCUT2D eigenvalue weighted by atomic mass is 16.3. The molecule has 1 atom stereocenters. The minimum atomic E-state index is 0.248. The molecule has 0 heterocycles. The fourth-order valence-corrected chi connectivity index (χ4v) is 2.37. The van der Waals surface area contributed by atoms with E-state index in [2.05, 4.69) is 12.7 Å². The second-order valence-electron chi connectivity index (χ2n) is 5.73. The van der Waals surface area contributed by atoms with Crippen LogP contribution in [0.1, 0.15) is 90.4 Å². The fourth-order valence-electron chi connectivity index (χ4n) is 2.37. The third-order valence-electron chi connectivity index (χ3n) is 3.72. The van der Waals surface area contributed by atoms with E-state index in [9.17, 15) is 0 Å². The molecule has 0 amide bonds. The zero-order valence-electron chi connectivity index (χ0n) is 12.6. The van der Waals surface area contributed by atoms with Crippen LogP contribution in [0.4, 0.5) is 0 Å². The Morgan fingerprint density at radius 2 is 1.11 bits per heavy atom. The topological polar surface area (TPSA) is 47.9 Å². The lowest BCUT2D eigenvalue weighted by Gasteiger charge is -2.05. The highest BCUT2D eigenvalue weighted by molar-refractivity contribution is 4.52. The molecule has 0 rings (SSSR count). The summed E-state index contributed by atoms with van der Waals surface area (Å²) in [4.78, 5) is 0. The van der Waals surface area contributed by atoms with Crippen LogP contribution in [-0.4, -0.2) is 17.8 Å². The monoisotopic (exact) mass is 258 g/mol. The maximum atomic E-state index is 8.85. The SMILES string of the molecule is CCCCCCCCCCCCCCC([NH3+])CO. The molecule has 4 N–H and O–H groups in total. The Balaban J connectivity index is 2.94. The fraction of sp³-hybridized carbons (Fsp3) is 1.00. The minimum absolute atomic E-state index is 0.248. The zero-order chi connectivity index (χ0) is 13.5. The van der Waals surface area contributed by atoms with Gasteiger partial charge in [-0.05, 0) is 6.42 Å². The standard InChI is InChI=1S/C16H35NO/c1-2-3-4-5-6-7-8-9-10-11-12-13-14-16(17)15-18/h16,18H,2-15,17H2,1H3/p+1. The van der Waals surface area contributed by atoms with Crippen molar-refractivity contribution in [2.24, 2.45) is 0 Å². The zero-order valence-corrected chi connectivity index (χ0v) is 12.6. The number of aliphatic hydroxyl groups is 1. The van der Waals surface area contributed by atoms with Crippen LogP contribution in [-0.2, 0) is 0 Å². The van der Waals surface area contributed by atoms with E-state index in [1.54, 1.807) is 0 Å². The molecular weight excluding hydrogens is 222 g/mol. The van der Waals surface area contributed by atoms with Crippen molar-refractivity contribution >= 4 is 0 Å². The molecular formula is C16H36NO+. The first-order valence-electron chi connectivity index (χ1n) is 8.25. The van der Waals surface area contributed by atoms with Crippen molar-refractivity contribution in [2.75, 3.05) is 6.61 Å². The molecule has 0 bridgehead atoms. The van der Waals surface area contributed by atoms with Gasteiger partial charge in [-0.25, -0.2) is 0 Å². The summed E-state index contributed by atoms with van der Waals surface area (Å²) in [5.41, 5.74) is 3.90. The van der Waals surface area contributed by atoms with Gasteiger partial charge in [0.1, 0.15) is 6.04 Å². The highest BCUT2D eigenvalue weighted by Gasteiger charge is 2.02. The van der Waals surface area contributed by atoms with Gasteiger partial charge in [-0.15, -0.1) is 0 Å². The van der Waals surface area contributed by atoms with Gasteiger partial charge in [-0.1, -0.05) is 77.6 Å². The van der Waals surface area contributed by atoms with E-state index >= 15 is 0 Å². The molecule has 2 nitrogen and oxygen atoms in total. The molecule has 0 saturated heterocycles. The van der Waals surface area contributed by atoms with Gasteiger partial charge < -0.3 is 10.8 Å². The third-order valence-corrected chi connectivity index (χ3v) is 3.72. The minimum Gasteiger partial charge on any atom is -0.390 e. The molecule has 0 aliphatic heterocycles. The van der Waals surface area contributed by atoms with Gasteiger partial charge in [0.2, 0.25) is 0 Å². The Hall–Kier alpha value is -0.0800. The van der Waals surface area contributed by atoms with Crippen LogP contribution in [0.25, 0.3) is 0 Å². The Kier molecular flexibility index (Phi) is 14.9. The number of unbranched alkanes of at least 4 members (excludes halogenated alkanes) is 11. The number of rotatable bonds is 14. The van der Waals surface area contributed by atoms with Gasteiger partial charge in [0, 0.05) is 6.42 Å². The number of quaternary nitrogens is 1. The first-order valence-corrected chi connectivity index (χ1v) is 8.25. The largest absolute Gasteiger partial charge is 0.390 e. The van der Waals surface area contributed by atoms with Crippen LogP contribution in [0.5, 0.6) is 0 Å². The summed E-state index contributed by atoms with van der Waals surface area (Å²) in [6.45, 7) is 2.52. The molecule has 2 heteroatoms. The van der Waals surface area contributed by atoms with Crippen LogP contribution >= 0.6 is 0 Å². The van der Waals surface area contributed by atoms with E-state index < -0.39 is 0 Å². The van der Waals surface area contributed by atoms with Gasteiger partial charge in [0.05, 0.1) is 6.61 Å². The third kappa shape index (κ3) is 14.0. The smallest absolute Gasteiger partial charge is 0.108 e. The van der Waals surface area contributed by atoms with E-state index in [0.29, 0.717) is 0 Å². The van der Waals surface area contributed by atoms with E-state index in [0.717, 1.165) is 6.42 Å². The van der Waals surface area contributed by atoms with Gasteiger partial charge in [0.15, 0.2) is 0 Å². The van der Waals surface area contributed by atoms with Crippen molar-refractivity contribution in [3.8, 4) is 0 Å². The average molecular weight is 258 g/mol. The van der Waals surface area contributed by atoms with Gasteiger partial charge in [0.25, 0.3) is 0 Å². The van der Waals surface area contributed by atoms with Crippen molar-refractivity contribution in [3.63, 3.8) is 0 Å². The molecule has 0 aromatic carbocycles. The van der Waals surface area contributed by atoms with Crippen LogP contribution in [0, 0.1) is 0 Å². The second kappa shape index (κ2) is 15.0. The predicted molar refractivity (Wildman–Crippen MR) is 79.5 cm³/mol. The Bertz CT molecular complexity index is 150. The molecule has 0 aliphatic rings. The van der Waals surface area contributed by atoms with Crippen LogP contribution in [0.3, 0.4) is 0 Å². The Labute approximate surface area is 114 Å². The van der Waals surface area contributed by atoms with E-state index in [-0.39, 0.29) is 12.6 Å². The maximum Gasteiger partial charge on any atom is 0.108 e. The van der Waals surface area contributed by atoms with Crippen molar-refractivity contribution in [1.29, 1.82) is 0 Å². The summed E-state index contributed by atoms with van der Waals surface area (Å²) in [5, 5.41) is 8.85. The average Bonchev–Trinajstić information content (AvgIpc) is 2.39. The summed E-state index contributed by atoms with van der Waals surface area (Å²) < 4.78 is 0. The molecule has 18 heavy (non-hydrogen) atoms. The molecule has 110 valence electrons. The van der Waals surface area contributed by atoms with Gasteiger partial charge in [-0.3, -0.25) is 0 Å². The van der Waals surface area contributed by atoms with E-state index in [1.165, 1.54) is 77.0 Å². The lowest BCUT2D eigenvalue weighted by Crippen LogP contribution is -2.62. The van der Waals surface area contributed by atoms with Crippen molar-refractivity contribution in [1.82, 2.24) is 0 Å². The molecule has 0 radical (unpaired) electrons. The summed E-state index contributed by atoms with van der Waals surface area (Å²) in [6, 6.07) is 0.258. The first kappa shape index (κ1) is 17.9. The second-order valence-corrected chi connectivity index (χ2v) is 5.73. The van der Waals surface area contributed by atoms with E-state index in [1.807, 2.05) is 0 Å². The summed E-state index contributed by atoms with van der Waals surface area (Å²) in [5.74, 6) is 0. The first-order chi connectivity index (χ1) is 8.81. The van der Waals surface area contributed by atoms with Crippen LogP contribution < -0.4 is 5.73 Å². The molecule has 0 aromatic rings. The Morgan fingerprint density at radius 3 is 1.50 bits per heavy atom. The van der Waals surface area contributed by atoms with Crippen molar-refractivity contribution in [3.05, 3.63) is 0 Å².